The molecular formula is C24H35N3O. The fourth-order valence-electron chi connectivity index (χ4n) is 4.41. The highest BCUT2D eigenvalue weighted by molar-refractivity contribution is 6.02. The van der Waals surface area contributed by atoms with Crippen molar-refractivity contribution in [3.63, 3.8) is 0 Å². The van der Waals surface area contributed by atoms with Crippen LogP contribution in [-0.2, 0) is 13.0 Å². The number of primary amides is 1. The van der Waals surface area contributed by atoms with Crippen LogP contribution in [0.25, 0.3) is 11.1 Å². The summed E-state index contributed by atoms with van der Waals surface area (Å²) in [7, 11) is 0. The van der Waals surface area contributed by atoms with Gasteiger partial charge >= 0.3 is 0 Å². The number of rotatable bonds is 8. The van der Waals surface area contributed by atoms with E-state index in [2.05, 4.69) is 54.5 Å². The average Bonchev–Trinajstić information content (AvgIpc) is 3.28. The second kappa shape index (κ2) is 8.85. The first kappa shape index (κ1) is 20.5. The molecule has 0 atom stereocenters. The van der Waals surface area contributed by atoms with Gasteiger partial charge in [-0.1, -0.05) is 39.3 Å². The third kappa shape index (κ3) is 4.11. The smallest absolute Gasteiger partial charge is 0.251 e. The van der Waals surface area contributed by atoms with E-state index in [0.717, 1.165) is 55.7 Å². The monoisotopic (exact) mass is 381 g/mol. The Kier molecular flexibility index (Phi) is 6.48. The summed E-state index contributed by atoms with van der Waals surface area (Å²) >= 11 is 0. The summed E-state index contributed by atoms with van der Waals surface area (Å²) in [5.74, 6) is 0.299. The van der Waals surface area contributed by atoms with Crippen molar-refractivity contribution in [2.45, 2.75) is 66.3 Å². The van der Waals surface area contributed by atoms with Gasteiger partial charge in [0.15, 0.2) is 0 Å². The summed E-state index contributed by atoms with van der Waals surface area (Å²) in [6, 6.07) is 8.73. The topological polar surface area (TPSA) is 51.3 Å². The number of carbonyl (C=O) groups excluding carboxylic acids is 1. The summed E-state index contributed by atoms with van der Waals surface area (Å²) in [5.41, 5.74) is 12.2. The van der Waals surface area contributed by atoms with Crippen molar-refractivity contribution < 1.29 is 4.79 Å². The molecule has 0 radical (unpaired) electrons. The first-order valence-corrected chi connectivity index (χ1v) is 10.8. The molecule has 2 N–H and O–H groups in total. The van der Waals surface area contributed by atoms with Crippen molar-refractivity contribution in [2.75, 3.05) is 18.0 Å². The highest BCUT2D eigenvalue weighted by atomic mass is 16.1. The van der Waals surface area contributed by atoms with Crippen LogP contribution < -0.4 is 10.6 Å². The lowest BCUT2D eigenvalue weighted by Crippen LogP contribution is -2.17. The van der Waals surface area contributed by atoms with Crippen LogP contribution in [0.5, 0.6) is 0 Å². The number of nitrogens with zero attached hydrogens (tertiary/aromatic N) is 2. The van der Waals surface area contributed by atoms with Crippen LogP contribution in [0.15, 0.2) is 24.3 Å². The number of hydrogen-bond donors (Lipinski definition) is 1. The predicted molar refractivity (Wildman–Crippen MR) is 118 cm³/mol. The number of hydrogen-bond acceptors (Lipinski definition) is 2. The first-order valence-electron chi connectivity index (χ1n) is 10.8. The second-order valence-corrected chi connectivity index (χ2v) is 8.47. The minimum absolute atomic E-state index is 0.322. The zero-order valence-electron chi connectivity index (χ0n) is 17.9. The molecule has 1 aromatic heterocycles. The van der Waals surface area contributed by atoms with E-state index >= 15 is 0 Å². The summed E-state index contributed by atoms with van der Waals surface area (Å²) in [6.45, 7) is 11.9. The van der Waals surface area contributed by atoms with Gasteiger partial charge < -0.3 is 15.2 Å². The lowest BCUT2D eigenvalue weighted by molar-refractivity contribution is 0.1000. The van der Waals surface area contributed by atoms with Crippen LogP contribution in [-0.4, -0.2) is 23.6 Å². The molecule has 1 aliphatic rings. The molecule has 0 bridgehead atoms. The highest BCUT2D eigenvalue weighted by Gasteiger charge is 2.24. The van der Waals surface area contributed by atoms with Gasteiger partial charge in [0.25, 0.3) is 5.91 Å². The number of carbonyl (C=O) groups is 1. The molecule has 1 saturated heterocycles. The minimum atomic E-state index is -0.322. The molecule has 4 nitrogen and oxygen atoms in total. The Morgan fingerprint density at radius 3 is 2.32 bits per heavy atom. The molecule has 1 amide bonds. The zero-order chi connectivity index (χ0) is 20.3. The molecule has 28 heavy (non-hydrogen) atoms. The molecule has 0 spiro atoms. The van der Waals surface area contributed by atoms with Crippen molar-refractivity contribution in [1.29, 1.82) is 0 Å². The Labute approximate surface area is 169 Å². The molecule has 0 aliphatic carbocycles. The number of aromatic nitrogens is 1. The number of nitrogens with two attached hydrogens (primary N) is 1. The SMILES string of the molecule is CCCc1c(-c2ccc(N3CCCC3)cc2)c(C(N)=O)c(C)n1CCC(C)C. The fraction of sp³-hybridized carbons (Fsp3) is 0.542. The van der Waals surface area contributed by atoms with Crippen LogP contribution in [0.3, 0.4) is 0 Å². The van der Waals surface area contributed by atoms with Gasteiger partial charge in [-0.25, -0.2) is 0 Å². The van der Waals surface area contributed by atoms with Gasteiger partial charge in [-0.15, -0.1) is 0 Å². The highest BCUT2D eigenvalue weighted by Crippen LogP contribution is 2.35. The van der Waals surface area contributed by atoms with Gasteiger partial charge in [0.05, 0.1) is 5.56 Å². The molecule has 0 saturated carbocycles. The third-order valence-corrected chi connectivity index (χ3v) is 5.92. The summed E-state index contributed by atoms with van der Waals surface area (Å²) in [6.07, 6.45) is 5.63. The molecule has 152 valence electrons. The molecule has 0 unspecified atom stereocenters. The zero-order valence-corrected chi connectivity index (χ0v) is 17.9. The normalized spacial score (nSPS) is 14.2. The van der Waals surface area contributed by atoms with E-state index in [-0.39, 0.29) is 5.91 Å². The molecule has 1 aromatic carbocycles. The van der Waals surface area contributed by atoms with E-state index < -0.39 is 0 Å². The number of amides is 1. The van der Waals surface area contributed by atoms with Crippen molar-refractivity contribution >= 4 is 11.6 Å². The number of benzene rings is 1. The van der Waals surface area contributed by atoms with Gasteiger partial charge in [-0.3, -0.25) is 4.79 Å². The van der Waals surface area contributed by atoms with E-state index in [1.807, 2.05) is 6.92 Å². The maximum absolute atomic E-state index is 12.4. The molecule has 2 heterocycles. The quantitative estimate of drug-likeness (QED) is 0.686. The van der Waals surface area contributed by atoms with Crippen LogP contribution >= 0.6 is 0 Å². The Morgan fingerprint density at radius 2 is 1.79 bits per heavy atom. The van der Waals surface area contributed by atoms with Crippen LogP contribution in [0.1, 0.15) is 68.2 Å². The average molecular weight is 382 g/mol. The van der Waals surface area contributed by atoms with E-state index in [1.54, 1.807) is 0 Å². The van der Waals surface area contributed by atoms with Gasteiger partial charge in [-0.05, 0) is 56.2 Å². The maximum Gasteiger partial charge on any atom is 0.251 e. The standard InChI is InChI=1S/C24H35N3O/c1-5-8-21-23(19-9-11-20(12-10-19)26-14-6-7-15-26)22(24(25)28)18(4)27(21)16-13-17(2)3/h9-12,17H,5-8,13-16H2,1-4H3,(H2,25,28). The van der Waals surface area contributed by atoms with Crippen molar-refractivity contribution in [3.05, 3.63) is 41.2 Å². The Bertz CT molecular complexity index is 811. The van der Waals surface area contributed by atoms with Crippen molar-refractivity contribution in [2.24, 2.45) is 11.7 Å². The van der Waals surface area contributed by atoms with E-state index in [4.69, 9.17) is 5.73 Å². The van der Waals surface area contributed by atoms with Crippen LogP contribution in [0.2, 0.25) is 0 Å². The fourth-order valence-corrected chi connectivity index (χ4v) is 4.41. The molecule has 4 heteroatoms. The summed E-state index contributed by atoms with van der Waals surface area (Å²) < 4.78 is 2.34. The Morgan fingerprint density at radius 1 is 1.14 bits per heavy atom. The van der Waals surface area contributed by atoms with Crippen molar-refractivity contribution in [3.8, 4) is 11.1 Å². The molecular weight excluding hydrogens is 346 g/mol. The summed E-state index contributed by atoms with van der Waals surface area (Å²) in [5, 5.41) is 0. The lowest BCUT2D eigenvalue weighted by atomic mass is 9.97. The van der Waals surface area contributed by atoms with E-state index in [0.29, 0.717) is 11.5 Å². The number of anilines is 1. The van der Waals surface area contributed by atoms with Gasteiger partial charge in [-0.2, -0.15) is 0 Å². The lowest BCUT2D eigenvalue weighted by Gasteiger charge is -2.18. The van der Waals surface area contributed by atoms with Gasteiger partial charge in [0.1, 0.15) is 0 Å². The van der Waals surface area contributed by atoms with Gasteiger partial charge in [0, 0.05) is 42.3 Å². The summed E-state index contributed by atoms with van der Waals surface area (Å²) in [4.78, 5) is 14.8. The molecule has 1 fully saturated rings. The van der Waals surface area contributed by atoms with E-state index in [9.17, 15) is 4.79 Å². The van der Waals surface area contributed by atoms with Crippen LogP contribution in [0, 0.1) is 12.8 Å². The Hall–Kier alpha value is -2.23. The largest absolute Gasteiger partial charge is 0.372 e. The minimum Gasteiger partial charge on any atom is -0.372 e. The predicted octanol–water partition coefficient (Wildman–Crippen LogP) is 5.16. The van der Waals surface area contributed by atoms with E-state index in [1.165, 1.54) is 24.2 Å². The molecule has 2 aromatic rings. The third-order valence-electron chi connectivity index (χ3n) is 5.92. The van der Waals surface area contributed by atoms with Gasteiger partial charge in [0.2, 0.25) is 0 Å². The van der Waals surface area contributed by atoms with Crippen LogP contribution in [0.4, 0.5) is 5.69 Å². The Balaban J connectivity index is 2.06. The van der Waals surface area contributed by atoms with Crippen molar-refractivity contribution in [1.82, 2.24) is 4.57 Å². The molecule has 1 aliphatic heterocycles. The maximum atomic E-state index is 12.4. The molecule has 3 rings (SSSR count). The first-order chi connectivity index (χ1) is 13.4. The second-order valence-electron chi connectivity index (χ2n) is 8.47.